The van der Waals surface area contributed by atoms with Crippen LogP contribution in [0.25, 0.3) is 0 Å². The van der Waals surface area contributed by atoms with E-state index in [1.165, 1.54) is 12.8 Å². The van der Waals surface area contributed by atoms with Crippen molar-refractivity contribution in [3.8, 4) is 11.5 Å². The summed E-state index contributed by atoms with van der Waals surface area (Å²) in [5.74, 6) is 2.46. The Kier molecular flexibility index (Phi) is 3.71. The van der Waals surface area contributed by atoms with Gasteiger partial charge in [0.15, 0.2) is 11.5 Å². The SMILES string of the molecule is ClC(CC1CC1)c1cc2c(cc1Br)OCCCO2. The molecule has 1 heterocycles. The van der Waals surface area contributed by atoms with Gasteiger partial charge in [-0.1, -0.05) is 28.8 Å². The van der Waals surface area contributed by atoms with Gasteiger partial charge in [0, 0.05) is 10.9 Å². The van der Waals surface area contributed by atoms with Gasteiger partial charge in [0.2, 0.25) is 0 Å². The van der Waals surface area contributed by atoms with Crippen molar-refractivity contribution < 1.29 is 9.47 Å². The highest BCUT2D eigenvalue weighted by Gasteiger charge is 2.27. The Hall–Kier alpha value is -0.410. The first-order valence-electron chi connectivity index (χ1n) is 6.47. The number of hydrogen-bond donors (Lipinski definition) is 0. The van der Waals surface area contributed by atoms with Gasteiger partial charge in [0.1, 0.15) is 0 Å². The second kappa shape index (κ2) is 5.30. The lowest BCUT2D eigenvalue weighted by Gasteiger charge is -2.15. The summed E-state index contributed by atoms with van der Waals surface area (Å²) in [6, 6.07) is 4.02. The second-order valence-electron chi connectivity index (χ2n) is 5.02. The summed E-state index contributed by atoms with van der Waals surface area (Å²) in [6.45, 7) is 1.43. The number of halogens is 2. The Morgan fingerprint density at radius 3 is 2.56 bits per heavy atom. The molecule has 0 aromatic heterocycles. The number of alkyl halides is 1. The van der Waals surface area contributed by atoms with Crippen LogP contribution in [0.1, 0.15) is 36.6 Å². The molecule has 0 radical (unpaired) electrons. The van der Waals surface area contributed by atoms with Crippen LogP contribution in [0, 0.1) is 5.92 Å². The number of fused-ring (bicyclic) bond motifs is 1. The van der Waals surface area contributed by atoms with Crippen molar-refractivity contribution in [3.05, 3.63) is 22.2 Å². The average molecular weight is 332 g/mol. The molecule has 1 saturated carbocycles. The molecule has 0 amide bonds. The lowest BCUT2D eigenvalue weighted by molar-refractivity contribution is 0.297. The molecule has 0 spiro atoms. The molecule has 3 rings (SSSR count). The predicted octanol–water partition coefficient (Wildman–Crippen LogP) is 4.69. The molecule has 0 N–H and O–H groups in total. The van der Waals surface area contributed by atoms with E-state index in [0.29, 0.717) is 13.2 Å². The molecule has 0 bridgehead atoms. The molecular weight excluding hydrogens is 316 g/mol. The zero-order valence-electron chi connectivity index (χ0n) is 10.1. The highest BCUT2D eigenvalue weighted by molar-refractivity contribution is 9.10. The van der Waals surface area contributed by atoms with Crippen molar-refractivity contribution in [1.29, 1.82) is 0 Å². The molecule has 1 fully saturated rings. The largest absolute Gasteiger partial charge is 0.490 e. The molecular formula is C14H16BrClO2. The molecule has 2 aliphatic rings. The molecule has 98 valence electrons. The highest BCUT2D eigenvalue weighted by Crippen LogP contribution is 2.45. The first-order chi connectivity index (χ1) is 8.74. The maximum Gasteiger partial charge on any atom is 0.162 e. The zero-order chi connectivity index (χ0) is 12.5. The van der Waals surface area contributed by atoms with Gasteiger partial charge in [-0.3, -0.25) is 0 Å². The third-order valence-corrected chi connectivity index (χ3v) is 4.54. The van der Waals surface area contributed by atoms with Crippen molar-refractivity contribution in [3.63, 3.8) is 0 Å². The van der Waals surface area contributed by atoms with E-state index in [9.17, 15) is 0 Å². The fourth-order valence-corrected chi connectivity index (χ4v) is 3.38. The lowest BCUT2D eigenvalue weighted by atomic mass is 10.1. The Balaban J connectivity index is 1.86. The third kappa shape index (κ3) is 2.77. The van der Waals surface area contributed by atoms with E-state index >= 15 is 0 Å². The van der Waals surface area contributed by atoms with Gasteiger partial charge >= 0.3 is 0 Å². The van der Waals surface area contributed by atoms with E-state index < -0.39 is 0 Å². The van der Waals surface area contributed by atoms with Crippen molar-refractivity contribution >= 4 is 27.5 Å². The predicted molar refractivity (Wildman–Crippen MR) is 75.7 cm³/mol. The van der Waals surface area contributed by atoms with Crippen LogP contribution in [0.2, 0.25) is 0 Å². The summed E-state index contributed by atoms with van der Waals surface area (Å²) in [5.41, 5.74) is 1.12. The minimum Gasteiger partial charge on any atom is -0.490 e. The van der Waals surface area contributed by atoms with E-state index in [-0.39, 0.29) is 5.38 Å². The molecule has 1 unspecified atom stereocenters. The summed E-state index contributed by atoms with van der Waals surface area (Å²) in [7, 11) is 0. The summed E-state index contributed by atoms with van der Waals surface area (Å²) in [5, 5.41) is 0.0593. The molecule has 1 aliphatic carbocycles. The highest BCUT2D eigenvalue weighted by atomic mass is 79.9. The standard InChI is InChI=1S/C14H16BrClO2/c15-11-8-14-13(17-4-1-5-18-14)7-10(11)12(16)6-9-2-3-9/h7-9,12H,1-6H2. The first-order valence-corrected chi connectivity index (χ1v) is 7.70. The fraction of sp³-hybridized carbons (Fsp3) is 0.571. The normalized spacial score (nSPS) is 20.3. The average Bonchev–Trinajstić information content (AvgIpc) is 3.14. The molecule has 4 heteroatoms. The van der Waals surface area contributed by atoms with E-state index in [0.717, 1.165) is 40.3 Å². The van der Waals surface area contributed by atoms with Crippen molar-refractivity contribution in [2.24, 2.45) is 5.92 Å². The van der Waals surface area contributed by atoms with E-state index in [1.807, 2.05) is 12.1 Å². The van der Waals surface area contributed by atoms with Crippen LogP contribution in [0.5, 0.6) is 11.5 Å². The van der Waals surface area contributed by atoms with Crippen LogP contribution in [0.4, 0.5) is 0 Å². The summed E-state index contributed by atoms with van der Waals surface area (Å²) in [6.07, 6.45) is 4.63. The Morgan fingerprint density at radius 1 is 1.22 bits per heavy atom. The van der Waals surface area contributed by atoms with Gasteiger partial charge in [-0.05, 0) is 30.0 Å². The molecule has 1 aromatic carbocycles. The van der Waals surface area contributed by atoms with Crippen LogP contribution in [0.3, 0.4) is 0 Å². The first kappa shape index (κ1) is 12.6. The number of hydrogen-bond acceptors (Lipinski definition) is 2. The van der Waals surface area contributed by atoms with Crippen LogP contribution < -0.4 is 9.47 Å². The molecule has 1 aliphatic heterocycles. The van der Waals surface area contributed by atoms with Crippen molar-refractivity contribution in [1.82, 2.24) is 0 Å². The van der Waals surface area contributed by atoms with Crippen LogP contribution in [0.15, 0.2) is 16.6 Å². The summed E-state index contributed by atoms with van der Waals surface area (Å²) in [4.78, 5) is 0. The fourth-order valence-electron chi connectivity index (χ4n) is 2.21. The monoisotopic (exact) mass is 330 g/mol. The number of ether oxygens (including phenoxy) is 2. The van der Waals surface area contributed by atoms with Gasteiger partial charge in [-0.15, -0.1) is 11.6 Å². The van der Waals surface area contributed by atoms with Crippen molar-refractivity contribution in [2.75, 3.05) is 13.2 Å². The maximum atomic E-state index is 6.50. The van der Waals surface area contributed by atoms with Gasteiger partial charge < -0.3 is 9.47 Å². The minimum absolute atomic E-state index is 0.0593. The van der Waals surface area contributed by atoms with E-state index in [2.05, 4.69) is 15.9 Å². The third-order valence-electron chi connectivity index (χ3n) is 3.44. The minimum atomic E-state index is 0.0593. The smallest absolute Gasteiger partial charge is 0.162 e. The maximum absolute atomic E-state index is 6.50. The Bertz CT molecular complexity index is 446. The van der Waals surface area contributed by atoms with Crippen LogP contribution in [-0.2, 0) is 0 Å². The molecule has 1 aromatic rings. The Morgan fingerprint density at radius 2 is 1.89 bits per heavy atom. The number of rotatable bonds is 3. The van der Waals surface area contributed by atoms with Crippen molar-refractivity contribution in [2.45, 2.75) is 31.1 Å². The van der Waals surface area contributed by atoms with Gasteiger partial charge in [0.25, 0.3) is 0 Å². The quantitative estimate of drug-likeness (QED) is 0.748. The summed E-state index contributed by atoms with van der Waals surface area (Å²) < 4.78 is 12.4. The van der Waals surface area contributed by atoms with Crippen LogP contribution >= 0.6 is 27.5 Å². The second-order valence-corrected chi connectivity index (χ2v) is 6.40. The van der Waals surface area contributed by atoms with Gasteiger partial charge in [0.05, 0.1) is 18.6 Å². The van der Waals surface area contributed by atoms with Gasteiger partial charge in [-0.25, -0.2) is 0 Å². The van der Waals surface area contributed by atoms with E-state index in [1.54, 1.807) is 0 Å². The lowest BCUT2D eigenvalue weighted by Crippen LogP contribution is -1.98. The topological polar surface area (TPSA) is 18.5 Å². The molecule has 18 heavy (non-hydrogen) atoms. The van der Waals surface area contributed by atoms with E-state index in [4.69, 9.17) is 21.1 Å². The molecule has 0 saturated heterocycles. The van der Waals surface area contributed by atoms with Crippen LogP contribution in [-0.4, -0.2) is 13.2 Å². The Labute approximate surface area is 121 Å². The summed E-state index contributed by atoms with van der Waals surface area (Å²) >= 11 is 10.1. The van der Waals surface area contributed by atoms with Gasteiger partial charge in [-0.2, -0.15) is 0 Å². The zero-order valence-corrected chi connectivity index (χ0v) is 12.5. The number of benzene rings is 1. The molecule has 1 atom stereocenters. The molecule has 2 nitrogen and oxygen atoms in total.